The number of likely N-dealkylation sites (N-methyl/N-ethyl adjacent to an activating group) is 1. The van der Waals surface area contributed by atoms with Crippen molar-refractivity contribution in [3.05, 3.63) is 32.8 Å². The minimum atomic E-state index is -0.384. The van der Waals surface area contributed by atoms with Crippen molar-refractivity contribution in [2.75, 3.05) is 51.2 Å². The third kappa shape index (κ3) is 4.54. The molecule has 3 rings (SSSR count). The number of amides is 1. The van der Waals surface area contributed by atoms with Crippen LogP contribution < -0.4 is 4.90 Å². The Bertz CT molecular complexity index is 668. The van der Waals surface area contributed by atoms with Crippen molar-refractivity contribution in [2.45, 2.75) is 19.3 Å². The number of hydrogen-bond donors (Lipinski definition) is 0. The molecule has 0 saturated carbocycles. The van der Waals surface area contributed by atoms with Gasteiger partial charge in [-0.25, -0.2) is 0 Å². The summed E-state index contributed by atoms with van der Waals surface area (Å²) in [6.45, 7) is 5.33. The zero-order valence-corrected chi connectivity index (χ0v) is 16.7. The first kappa shape index (κ1) is 19.1. The summed E-state index contributed by atoms with van der Waals surface area (Å²) in [7, 11) is 2.09. The molecule has 0 unspecified atom stereocenters. The van der Waals surface area contributed by atoms with Crippen LogP contribution in [0.25, 0.3) is 0 Å². The highest BCUT2D eigenvalue weighted by Gasteiger charge is 2.26. The van der Waals surface area contributed by atoms with E-state index in [0.717, 1.165) is 62.3 Å². The molecule has 8 heteroatoms. The molecule has 2 fully saturated rings. The zero-order valence-electron chi connectivity index (χ0n) is 15.1. The van der Waals surface area contributed by atoms with Crippen LogP contribution in [0.15, 0.2) is 22.7 Å². The smallest absolute Gasteiger partial charge is 0.270 e. The summed E-state index contributed by atoms with van der Waals surface area (Å²) in [5.74, 6) is 0.711. The number of anilines is 1. The molecule has 0 spiro atoms. The van der Waals surface area contributed by atoms with Gasteiger partial charge in [0.25, 0.3) is 5.69 Å². The quantitative estimate of drug-likeness (QED) is 0.548. The predicted molar refractivity (Wildman–Crippen MR) is 104 cm³/mol. The van der Waals surface area contributed by atoms with E-state index in [1.807, 2.05) is 4.90 Å². The van der Waals surface area contributed by atoms with E-state index in [2.05, 4.69) is 32.8 Å². The van der Waals surface area contributed by atoms with Crippen molar-refractivity contribution in [3.8, 4) is 0 Å². The second kappa shape index (κ2) is 8.35. The van der Waals surface area contributed by atoms with Crippen LogP contribution in [0.4, 0.5) is 11.4 Å². The lowest BCUT2D eigenvalue weighted by molar-refractivity contribution is -0.384. The number of hydrogen-bond acceptors (Lipinski definition) is 5. The molecule has 0 radical (unpaired) electrons. The lowest BCUT2D eigenvalue weighted by Gasteiger charge is -2.36. The number of nitro groups is 1. The molecule has 2 heterocycles. The van der Waals surface area contributed by atoms with Gasteiger partial charge >= 0.3 is 0 Å². The molecule has 0 atom stereocenters. The molecular formula is C18H25BrN4O3. The monoisotopic (exact) mass is 424 g/mol. The largest absolute Gasteiger partial charge is 0.371 e. The first-order valence-corrected chi connectivity index (χ1v) is 9.88. The number of rotatable bonds is 4. The molecule has 1 amide bonds. The fraction of sp³-hybridized carbons (Fsp3) is 0.611. The highest BCUT2D eigenvalue weighted by atomic mass is 79.9. The maximum absolute atomic E-state index is 12.5. The minimum absolute atomic E-state index is 0.0910. The van der Waals surface area contributed by atoms with Gasteiger partial charge < -0.3 is 14.7 Å². The summed E-state index contributed by atoms with van der Waals surface area (Å²) in [4.78, 5) is 29.5. The van der Waals surface area contributed by atoms with Crippen LogP contribution in [-0.4, -0.2) is 66.9 Å². The second-order valence-corrected chi connectivity index (χ2v) is 8.07. The summed E-state index contributed by atoms with van der Waals surface area (Å²) in [6, 6.07) is 4.90. The number of halogens is 1. The maximum atomic E-state index is 12.5. The average molecular weight is 425 g/mol. The number of carbonyl (C=O) groups excluding carboxylic acids is 1. The third-order valence-corrected chi connectivity index (χ3v) is 6.05. The zero-order chi connectivity index (χ0) is 18.7. The molecule has 0 N–H and O–H groups in total. The number of carbonyl (C=O) groups is 1. The SMILES string of the molecule is CN1CCN(C(=O)CC2CCN(c3ccc([N+](=O)[O-])cc3Br)CC2)CC1. The van der Waals surface area contributed by atoms with Gasteiger partial charge in [-0.05, 0) is 47.8 Å². The Morgan fingerprint density at radius 3 is 2.42 bits per heavy atom. The van der Waals surface area contributed by atoms with Gasteiger partial charge in [0.2, 0.25) is 5.91 Å². The van der Waals surface area contributed by atoms with E-state index in [4.69, 9.17) is 0 Å². The molecule has 2 aliphatic rings. The van der Waals surface area contributed by atoms with Crippen molar-refractivity contribution >= 4 is 33.2 Å². The minimum Gasteiger partial charge on any atom is -0.371 e. The van der Waals surface area contributed by atoms with Crippen molar-refractivity contribution in [3.63, 3.8) is 0 Å². The average Bonchev–Trinajstić information content (AvgIpc) is 2.63. The fourth-order valence-corrected chi connectivity index (χ4v) is 4.29. The molecule has 1 aromatic carbocycles. The second-order valence-electron chi connectivity index (χ2n) is 7.21. The van der Waals surface area contributed by atoms with Gasteiger partial charge in [0.05, 0.1) is 10.6 Å². The first-order chi connectivity index (χ1) is 12.4. The number of piperidine rings is 1. The molecule has 0 aromatic heterocycles. The Hall–Kier alpha value is -1.67. The van der Waals surface area contributed by atoms with Gasteiger partial charge in [-0.2, -0.15) is 0 Å². The summed E-state index contributed by atoms with van der Waals surface area (Å²) >= 11 is 3.45. The molecule has 2 aliphatic heterocycles. The molecule has 0 aliphatic carbocycles. The molecule has 0 bridgehead atoms. The number of nitrogens with zero attached hydrogens (tertiary/aromatic N) is 4. The lowest BCUT2D eigenvalue weighted by Crippen LogP contribution is -2.47. The van der Waals surface area contributed by atoms with Gasteiger partial charge in [0.1, 0.15) is 0 Å². The normalized spacial score (nSPS) is 19.6. The Morgan fingerprint density at radius 1 is 1.19 bits per heavy atom. The van der Waals surface area contributed by atoms with Crippen LogP contribution in [0.2, 0.25) is 0 Å². The van der Waals surface area contributed by atoms with E-state index >= 15 is 0 Å². The van der Waals surface area contributed by atoms with Crippen LogP contribution in [-0.2, 0) is 4.79 Å². The number of nitro benzene ring substituents is 1. The van der Waals surface area contributed by atoms with Crippen molar-refractivity contribution in [1.82, 2.24) is 9.80 Å². The van der Waals surface area contributed by atoms with E-state index < -0.39 is 0 Å². The highest BCUT2D eigenvalue weighted by Crippen LogP contribution is 2.33. The molecule has 2 saturated heterocycles. The third-order valence-electron chi connectivity index (χ3n) is 5.42. The van der Waals surface area contributed by atoms with E-state index in [0.29, 0.717) is 12.3 Å². The summed E-state index contributed by atoms with van der Waals surface area (Å²) < 4.78 is 0.749. The Labute approximate surface area is 162 Å². The number of piperazine rings is 1. The summed E-state index contributed by atoms with van der Waals surface area (Å²) in [5, 5.41) is 10.9. The molecular weight excluding hydrogens is 400 g/mol. The fourth-order valence-electron chi connectivity index (χ4n) is 3.68. The molecule has 142 valence electrons. The summed E-state index contributed by atoms with van der Waals surface area (Å²) in [6.07, 6.45) is 2.59. The topological polar surface area (TPSA) is 69.9 Å². The Balaban J connectivity index is 1.51. The van der Waals surface area contributed by atoms with E-state index in [1.54, 1.807) is 18.2 Å². The van der Waals surface area contributed by atoms with Crippen LogP contribution >= 0.6 is 15.9 Å². The maximum Gasteiger partial charge on any atom is 0.270 e. The molecule has 7 nitrogen and oxygen atoms in total. The van der Waals surface area contributed by atoms with Gasteiger partial charge in [0.15, 0.2) is 0 Å². The number of benzene rings is 1. The van der Waals surface area contributed by atoms with Crippen LogP contribution in [0.1, 0.15) is 19.3 Å². The predicted octanol–water partition coefficient (Wildman–Crippen LogP) is 2.74. The standard InChI is InChI=1S/C18H25BrN4O3/c1-20-8-10-22(11-9-20)18(24)12-14-4-6-21(7-5-14)17-3-2-15(23(25)26)13-16(17)19/h2-3,13-14H,4-12H2,1H3. The van der Waals surface area contributed by atoms with Crippen molar-refractivity contribution < 1.29 is 9.72 Å². The van der Waals surface area contributed by atoms with Gasteiger partial charge in [-0.3, -0.25) is 14.9 Å². The Kier molecular flexibility index (Phi) is 6.13. The van der Waals surface area contributed by atoms with Crippen LogP contribution in [0.3, 0.4) is 0 Å². The van der Waals surface area contributed by atoms with Gasteiger partial charge in [0, 0.05) is 62.3 Å². The van der Waals surface area contributed by atoms with E-state index in [-0.39, 0.29) is 16.5 Å². The first-order valence-electron chi connectivity index (χ1n) is 9.09. The van der Waals surface area contributed by atoms with Crippen LogP contribution in [0.5, 0.6) is 0 Å². The van der Waals surface area contributed by atoms with Crippen molar-refractivity contribution in [2.24, 2.45) is 5.92 Å². The lowest BCUT2D eigenvalue weighted by atomic mass is 9.92. The van der Waals surface area contributed by atoms with Crippen molar-refractivity contribution in [1.29, 1.82) is 0 Å². The van der Waals surface area contributed by atoms with Gasteiger partial charge in [-0.1, -0.05) is 0 Å². The van der Waals surface area contributed by atoms with Gasteiger partial charge in [-0.15, -0.1) is 0 Å². The highest BCUT2D eigenvalue weighted by molar-refractivity contribution is 9.10. The summed E-state index contributed by atoms with van der Waals surface area (Å²) in [5.41, 5.74) is 1.08. The van der Waals surface area contributed by atoms with Crippen LogP contribution in [0, 0.1) is 16.0 Å². The molecule has 1 aromatic rings. The van der Waals surface area contributed by atoms with E-state index in [1.165, 1.54) is 0 Å². The Morgan fingerprint density at radius 2 is 1.85 bits per heavy atom. The molecule has 26 heavy (non-hydrogen) atoms. The van der Waals surface area contributed by atoms with E-state index in [9.17, 15) is 14.9 Å². The number of non-ortho nitro benzene ring substituents is 1.